The first-order valence-corrected chi connectivity index (χ1v) is 11.7. The summed E-state index contributed by atoms with van der Waals surface area (Å²) in [5.41, 5.74) is 1.28. The van der Waals surface area contributed by atoms with Crippen molar-refractivity contribution in [2.75, 3.05) is 26.2 Å². The van der Waals surface area contributed by atoms with Gasteiger partial charge in [-0.15, -0.1) is 10.2 Å². The lowest BCUT2D eigenvalue weighted by atomic mass is 10.0. The molecule has 2 atom stereocenters. The fourth-order valence-corrected chi connectivity index (χ4v) is 5.34. The van der Waals surface area contributed by atoms with Gasteiger partial charge in [0.25, 0.3) is 0 Å². The van der Waals surface area contributed by atoms with E-state index in [9.17, 15) is 4.79 Å². The molecule has 0 radical (unpaired) electrons. The molecular weight excluding hydrogens is 382 g/mol. The number of thioether (sulfide) groups is 1. The summed E-state index contributed by atoms with van der Waals surface area (Å²) in [6.07, 6.45) is 4.51. The Morgan fingerprint density at radius 3 is 2.72 bits per heavy atom. The van der Waals surface area contributed by atoms with Crippen LogP contribution in [0.2, 0.25) is 0 Å². The molecule has 0 N–H and O–H groups in total. The van der Waals surface area contributed by atoms with Crippen molar-refractivity contribution in [2.45, 2.75) is 49.6 Å². The lowest BCUT2D eigenvalue weighted by molar-refractivity contribution is -0.134. The van der Waals surface area contributed by atoms with Crippen molar-refractivity contribution in [3.8, 4) is 0 Å². The van der Waals surface area contributed by atoms with Gasteiger partial charge in [0.1, 0.15) is 0 Å². The van der Waals surface area contributed by atoms with E-state index in [1.165, 1.54) is 12.0 Å². The molecule has 3 heterocycles. The van der Waals surface area contributed by atoms with Crippen LogP contribution >= 0.6 is 11.8 Å². The predicted molar refractivity (Wildman–Crippen MR) is 116 cm³/mol. The number of carbonyl (C=O) groups is 1. The Morgan fingerprint density at radius 1 is 1.14 bits per heavy atom. The van der Waals surface area contributed by atoms with Crippen LogP contribution < -0.4 is 0 Å². The average molecular weight is 414 g/mol. The molecule has 2 fully saturated rings. The summed E-state index contributed by atoms with van der Waals surface area (Å²) in [4.78, 5) is 17.2. The van der Waals surface area contributed by atoms with E-state index >= 15 is 0 Å². The summed E-state index contributed by atoms with van der Waals surface area (Å²) in [6.45, 7) is 5.51. The molecule has 2 aliphatic heterocycles. The first-order chi connectivity index (χ1) is 14.1. The number of hydrogen-bond acceptors (Lipinski definition) is 5. The molecule has 1 amide bonds. The number of aromatic nitrogens is 3. The van der Waals surface area contributed by atoms with Crippen molar-refractivity contribution in [1.82, 2.24) is 24.6 Å². The molecule has 0 unspecified atom stereocenters. The van der Waals surface area contributed by atoms with Crippen molar-refractivity contribution >= 4 is 17.7 Å². The van der Waals surface area contributed by atoms with Gasteiger partial charge in [-0.3, -0.25) is 9.69 Å². The van der Waals surface area contributed by atoms with Crippen LogP contribution in [-0.2, 0) is 17.6 Å². The molecule has 2 saturated heterocycles. The summed E-state index contributed by atoms with van der Waals surface area (Å²) in [7, 11) is 2.05. The molecule has 0 bridgehead atoms. The van der Waals surface area contributed by atoms with Gasteiger partial charge in [0.2, 0.25) is 5.91 Å². The smallest absolute Gasteiger partial charge is 0.236 e. The molecule has 29 heavy (non-hydrogen) atoms. The monoisotopic (exact) mass is 413 g/mol. The number of carbonyl (C=O) groups excluding carboxylic acids is 1. The second-order valence-electron chi connectivity index (χ2n) is 8.39. The zero-order valence-corrected chi connectivity index (χ0v) is 18.3. The number of likely N-dealkylation sites (tertiary alicyclic amines) is 2. The van der Waals surface area contributed by atoms with E-state index in [2.05, 4.69) is 55.8 Å². The van der Waals surface area contributed by atoms with Crippen LogP contribution in [-0.4, -0.2) is 56.7 Å². The fourth-order valence-electron chi connectivity index (χ4n) is 4.46. The first kappa shape index (κ1) is 20.4. The van der Waals surface area contributed by atoms with Gasteiger partial charge in [-0.1, -0.05) is 49.0 Å². The minimum atomic E-state index is 0.185. The van der Waals surface area contributed by atoms with Gasteiger partial charge >= 0.3 is 0 Å². The third-order valence-corrected chi connectivity index (χ3v) is 7.18. The molecule has 7 heteroatoms. The highest BCUT2D eigenvalue weighted by atomic mass is 32.2. The van der Waals surface area contributed by atoms with E-state index in [4.69, 9.17) is 0 Å². The topological polar surface area (TPSA) is 54.3 Å². The molecular formula is C22H31N5OS. The third-order valence-electron chi connectivity index (χ3n) is 6.09. The van der Waals surface area contributed by atoms with Crippen molar-refractivity contribution in [3.05, 3.63) is 41.7 Å². The molecule has 0 aliphatic carbocycles. The Bertz CT molecular complexity index is 824. The molecule has 156 valence electrons. The fraction of sp³-hybridized carbons (Fsp3) is 0.591. The summed E-state index contributed by atoms with van der Waals surface area (Å²) in [5.74, 6) is 2.75. The zero-order chi connectivity index (χ0) is 20.2. The van der Waals surface area contributed by atoms with Gasteiger partial charge in [0.15, 0.2) is 11.0 Å². The van der Waals surface area contributed by atoms with Gasteiger partial charge in [-0.2, -0.15) is 0 Å². The van der Waals surface area contributed by atoms with Gasteiger partial charge in [0.05, 0.1) is 12.6 Å². The van der Waals surface area contributed by atoms with Crippen molar-refractivity contribution < 1.29 is 4.79 Å². The van der Waals surface area contributed by atoms with Crippen LogP contribution in [0.5, 0.6) is 0 Å². The first-order valence-electron chi connectivity index (χ1n) is 10.7. The largest absolute Gasteiger partial charge is 0.341 e. The van der Waals surface area contributed by atoms with E-state index in [1.807, 2.05) is 13.1 Å². The standard InChI is InChI=1S/C22H31N5OS/c1-17-8-6-13-27(14-17)20(28)15-26-12-7-11-19(26)21-23-24-22(25(21)2)29-16-18-9-4-3-5-10-18/h3-5,9-10,17,19H,6-8,11-16H2,1-2H3/t17-,19+/m0/s1. The zero-order valence-electron chi connectivity index (χ0n) is 17.5. The normalized spacial score (nSPS) is 22.9. The van der Waals surface area contributed by atoms with Crippen molar-refractivity contribution in [2.24, 2.45) is 13.0 Å². The highest BCUT2D eigenvalue weighted by Crippen LogP contribution is 2.32. The minimum Gasteiger partial charge on any atom is -0.341 e. The van der Waals surface area contributed by atoms with Crippen LogP contribution in [0.25, 0.3) is 0 Å². The number of piperidine rings is 1. The van der Waals surface area contributed by atoms with Crippen LogP contribution in [0.3, 0.4) is 0 Å². The number of hydrogen-bond donors (Lipinski definition) is 0. The maximum Gasteiger partial charge on any atom is 0.236 e. The molecule has 0 saturated carbocycles. The molecule has 2 aliphatic rings. The van der Waals surface area contributed by atoms with Crippen LogP contribution in [0.15, 0.2) is 35.5 Å². The van der Waals surface area contributed by atoms with Crippen molar-refractivity contribution in [1.29, 1.82) is 0 Å². The Morgan fingerprint density at radius 2 is 1.93 bits per heavy atom. The summed E-state index contributed by atoms with van der Waals surface area (Å²) in [6, 6.07) is 10.6. The van der Waals surface area contributed by atoms with Crippen LogP contribution in [0.1, 0.15) is 50.0 Å². The summed E-state index contributed by atoms with van der Waals surface area (Å²) < 4.78 is 2.12. The number of rotatable bonds is 6. The number of benzene rings is 1. The summed E-state index contributed by atoms with van der Waals surface area (Å²) in [5, 5.41) is 9.90. The molecule has 0 spiro atoms. The van der Waals surface area contributed by atoms with Gasteiger partial charge in [0, 0.05) is 25.9 Å². The van der Waals surface area contributed by atoms with E-state index in [0.29, 0.717) is 12.5 Å². The highest BCUT2D eigenvalue weighted by Gasteiger charge is 2.33. The SMILES string of the molecule is C[C@H]1CCCN(C(=O)CN2CCC[C@@H]2c2nnc(SCc3ccccc3)n2C)C1. The van der Waals surface area contributed by atoms with Crippen molar-refractivity contribution in [3.63, 3.8) is 0 Å². The van der Waals surface area contributed by atoms with Crippen LogP contribution in [0.4, 0.5) is 0 Å². The van der Waals surface area contributed by atoms with Gasteiger partial charge < -0.3 is 9.47 Å². The molecule has 4 rings (SSSR count). The maximum atomic E-state index is 12.9. The molecule has 1 aromatic heterocycles. The van der Waals surface area contributed by atoms with Crippen LogP contribution in [0, 0.1) is 5.92 Å². The lowest BCUT2D eigenvalue weighted by Gasteiger charge is -2.33. The predicted octanol–water partition coefficient (Wildman–Crippen LogP) is 3.50. The molecule has 1 aromatic carbocycles. The Labute approximate surface area is 177 Å². The minimum absolute atomic E-state index is 0.185. The average Bonchev–Trinajstić information content (AvgIpc) is 3.33. The van der Waals surface area contributed by atoms with Gasteiger partial charge in [-0.25, -0.2) is 0 Å². The second kappa shape index (κ2) is 9.30. The molecule has 2 aromatic rings. The Balaban J connectivity index is 1.39. The number of nitrogens with zero attached hydrogens (tertiary/aromatic N) is 5. The van der Waals surface area contributed by atoms with E-state index < -0.39 is 0 Å². The quantitative estimate of drug-likeness (QED) is 0.679. The summed E-state index contributed by atoms with van der Waals surface area (Å²) >= 11 is 1.71. The number of amides is 1. The third kappa shape index (κ3) is 4.83. The van der Waals surface area contributed by atoms with Gasteiger partial charge in [-0.05, 0) is 43.7 Å². The lowest BCUT2D eigenvalue weighted by Crippen LogP contribution is -2.44. The molecule has 6 nitrogen and oxygen atoms in total. The van der Waals surface area contributed by atoms with E-state index in [0.717, 1.165) is 55.6 Å². The van der Waals surface area contributed by atoms with E-state index in [1.54, 1.807) is 11.8 Å². The maximum absolute atomic E-state index is 12.9. The Kier molecular flexibility index (Phi) is 6.55. The highest BCUT2D eigenvalue weighted by molar-refractivity contribution is 7.98. The van der Waals surface area contributed by atoms with E-state index in [-0.39, 0.29) is 11.9 Å². The second-order valence-corrected chi connectivity index (χ2v) is 9.33. The Hall–Kier alpha value is -1.86.